The quantitative estimate of drug-likeness (QED) is 0.891. The molecule has 1 aromatic heterocycles. The molecular weight excluding hydrogens is 298 g/mol. The van der Waals surface area contributed by atoms with Crippen molar-refractivity contribution in [2.75, 3.05) is 18.9 Å². The van der Waals surface area contributed by atoms with Crippen molar-refractivity contribution < 1.29 is 9.59 Å². The van der Waals surface area contributed by atoms with Crippen molar-refractivity contribution in [3.63, 3.8) is 0 Å². The lowest BCUT2D eigenvalue weighted by molar-refractivity contribution is -0.121. The molecule has 1 aromatic carbocycles. The summed E-state index contributed by atoms with van der Waals surface area (Å²) in [5.41, 5.74) is 0.646. The van der Waals surface area contributed by atoms with E-state index in [4.69, 9.17) is 0 Å². The lowest BCUT2D eigenvalue weighted by Crippen LogP contribution is -2.41. The van der Waals surface area contributed by atoms with Gasteiger partial charge in [0.2, 0.25) is 5.91 Å². The van der Waals surface area contributed by atoms with Crippen LogP contribution in [0.4, 0.5) is 10.5 Å². The normalized spacial score (nSPS) is 12.0. The molecule has 0 aliphatic rings. The van der Waals surface area contributed by atoms with Gasteiger partial charge in [-0.2, -0.15) is 0 Å². The summed E-state index contributed by atoms with van der Waals surface area (Å²) in [4.78, 5) is 26.7. The monoisotopic (exact) mass is 317 g/mol. The van der Waals surface area contributed by atoms with Gasteiger partial charge in [0.25, 0.3) is 0 Å². The first-order chi connectivity index (χ1) is 10.6. The van der Waals surface area contributed by atoms with E-state index < -0.39 is 6.03 Å². The van der Waals surface area contributed by atoms with Gasteiger partial charge in [-0.15, -0.1) is 11.3 Å². The van der Waals surface area contributed by atoms with E-state index in [2.05, 4.69) is 10.6 Å². The number of carbonyl (C=O) groups is 2. The zero-order chi connectivity index (χ0) is 15.9. The van der Waals surface area contributed by atoms with Gasteiger partial charge < -0.3 is 5.32 Å². The molecule has 22 heavy (non-hydrogen) atoms. The number of likely N-dealkylation sites (N-methyl/N-ethyl adjacent to an activating group) is 1. The molecule has 5 nitrogen and oxygen atoms in total. The number of anilines is 1. The Morgan fingerprint density at radius 2 is 1.91 bits per heavy atom. The highest BCUT2D eigenvalue weighted by Crippen LogP contribution is 2.22. The van der Waals surface area contributed by atoms with Crippen LogP contribution in [0.15, 0.2) is 47.8 Å². The first kappa shape index (κ1) is 16.2. The number of nitrogens with one attached hydrogen (secondary N) is 2. The average Bonchev–Trinajstić information content (AvgIpc) is 3.01. The zero-order valence-electron chi connectivity index (χ0n) is 12.6. The number of benzene rings is 1. The Hall–Kier alpha value is -2.18. The molecule has 1 atom stereocenters. The first-order valence-corrected chi connectivity index (χ1v) is 7.83. The van der Waals surface area contributed by atoms with Gasteiger partial charge in [-0.25, -0.2) is 4.79 Å². The van der Waals surface area contributed by atoms with Crippen molar-refractivity contribution in [2.24, 2.45) is 0 Å². The number of para-hydroxylation sites is 1. The summed E-state index contributed by atoms with van der Waals surface area (Å²) in [5, 5.41) is 6.95. The Morgan fingerprint density at radius 3 is 2.55 bits per heavy atom. The van der Waals surface area contributed by atoms with Gasteiger partial charge in [-0.1, -0.05) is 24.3 Å². The number of imide groups is 1. The number of hydrogen-bond donors (Lipinski definition) is 2. The highest BCUT2D eigenvalue weighted by atomic mass is 32.1. The molecule has 0 fully saturated rings. The third-order valence-electron chi connectivity index (χ3n) is 3.29. The van der Waals surface area contributed by atoms with Crippen molar-refractivity contribution in [3.8, 4) is 0 Å². The van der Waals surface area contributed by atoms with Crippen molar-refractivity contribution in [2.45, 2.75) is 13.0 Å². The fourth-order valence-corrected chi connectivity index (χ4v) is 2.81. The van der Waals surface area contributed by atoms with Crippen molar-refractivity contribution >= 4 is 29.0 Å². The van der Waals surface area contributed by atoms with Gasteiger partial charge >= 0.3 is 6.03 Å². The summed E-state index contributed by atoms with van der Waals surface area (Å²) in [5.74, 6) is -0.334. The fourth-order valence-electron chi connectivity index (χ4n) is 1.96. The Kier molecular flexibility index (Phi) is 5.68. The van der Waals surface area contributed by atoms with Crippen molar-refractivity contribution in [1.29, 1.82) is 0 Å². The molecule has 0 aliphatic carbocycles. The first-order valence-electron chi connectivity index (χ1n) is 6.96. The minimum absolute atomic E-state index is 0.128. The van der Waals surface area contributed by atoms with E-state index in [1.807, 2.05) is 54.6 Å². The third-order valence-corrected chi connectivity index (χ3v) is 4.34. The molecule has 0 bridgehead atoms. The number of nitrogens with zero attached hydrogens (tertiary/aromatic N) is 1. The lowest BCUT2D eigenvalue weighted by atomic mass is 10.2. The lowest BCUT2D eigenvalue weighted by Gasteiger charge is -2.22. The highest BCUT2D eigenvalue weighted by Gasteiger charge is 2.17. The highest BCUT2D eigenvalue weighted by molar-refractivity contribution is 7.10. The van der Waals surface area contributed by atoms with Crippen LogP contribution in [0.1, 0.15) is 17.8 Å². The molecule has 0 saturated heterocycles. The number of carbonyl (C=O) groups excluding carboxylic acids is 2. The van der Waals surface area contributed by atoms with Crippen LogP contribution >= 0.6 is 11.3 Å². The zero-order valence-corrected chi connectivity index (χ0v) is 13.4. The predicted molar refractivity (Wildman–Crippen MR) is 89.0 cm³/mol. The molecule has 6 heteroatoms. The number of urea groups is 1. The Bertz CT molecular complexity index is 614. The molecule has 0 saturated carbocycles. The maximum Gasteiger partial charge on any atom is 0.325 e. The topological polar surface area (TPSA) is 61.4 Å². The minimum atomic E-state index is -0.520. The fraction of sp³-hybridized carbons (Fsp3) is 0.250. The molecule has 1 unspecified atom stereocenters. The summed E-state index contributed by atoms with van der Waals surface area (Å²) >= 11 is 1.65. The number of hydrogen-bond acceptors (Lipinski definition) is 4. The van der Waals surface area contributed by atoms with Crippen LogP contribution in [0.2, 0.25) is 0 Å². The summed E-state index contributed by atoms with van der Waals surface area (Å²) in [6.07, 6.45) is 0. The molecule has 2 rings (SSSR count). The number of rotatable bonds is 5. The van der Waals surface area contributed by atoms with Gasteiger partial charge in [-0.05, 0) is 37.6 Å². The third kappa shape index (κ3) is 4.68. The second kappa shape index (κ2) is 7.72. The molecule has 2 aromatic rings. The smallest absolute Gasteiger partial charge is 0.308 e. The minimum Gasteiger partial charge on any atom is -0.308 e. The van der Waals surface area contributed by atoms with Crippen LogP contribution in [0.3, 0.4) is 0 Å². The van der Waals surface area contributed by atoms with Gasteiger partial charge in [0.1, 0.15) is 0 Å². The van der Waals surface area contributed by atoms with Crippen LogP contribution in [0.25, 0.3) is 0 Å². The molecule has 116 valence electrons. The standard InChI is InChI=1S/C16H19N3O2S/c1-12(14-9-6-10-22-14)19(2)11-15(20)18-16(21)17-13-7-4-3-5-8-13/h3-10,12H,11H2,1-2H3,(H2,17,18,20,21). The summed E-state index contributed by atoms with van der Waals surface area (Å²) in [7, 11) is 1.86. The average molecular weight is 317 g/mol. The predicted octanol–water partition coefficient (Wildman–Crippen LogP) is 3.09. The van der Waals surface area contributed by atoms with Crippen LogP contribution in [0, 0.1) is 0 Å². The molecular formula is C16H19N3O2S. The van der Waals surface area contributed by atoms with Crippen LogP contribution in [0.5, 0.6) is 0 Å². The Morgan fingerprint density at radius 1 is 1.18 bits per heavy atom. The van der Waals surface area contributed by atoms with Crippen molar-refractivity contribution in [3.05, 3.63) is 52.7 Å². The second-order valence-corrected chi connectivity index (χ2v) is 5.95. The molecule has 3 amide bonds. The number of thiophene rings is 1. The summed E-state index contributed by atoms with van der Waals surface area (Å²) in [6, 6.07) is 12.6. The van der Waals surface area contributed by atoms with Gasteiger partial charge in [-0.3, -0.25) is 15.0 Å². The van der Waals surface area contributed by atoms with Gasteiger partial charge in [0.15, 0.2) is 0 Å². The van der Waals surface area contributed by atoms with E-state index in [1.165, 1.54) is 4.88 Å². The Balaban J connectivity index is 1.81. The molecule has 0 aliphatic heterocycles. The van der Waals surface area contributed by atoms with E-state index in [9.17, 15) is 9.59 Å². The van der Waals surface area contributed by atoms with E-state index in [0.29, 0.717) is 5.69 Å². The molecule has 0 radical (unpaired) electrons. The molecule has 1 heterocycles. The van der Waals surface area contributed by atoms with E-state index >= 15 is 0 Å². The van der Waals surface area contributed by atoms with Crippen LogP contribution < -0.4 is 10.6 Å². The summed E-state index contributed by atoms with van der Waals surface area (Å²) < 4.78 is 0. The molecule has 0 spiro atoms. The van der Waals surface area contributed by atoms with Crippen LogP contribution in [-0.4, -0.2) is 30.4 Å². The van der Waals surface area contributed by atoms with E-state index in [0.717, 1.165) is 0 Å². The number of amides is 3. The van der Waals surface area contributed by atoms with E-state index in [1.54, 1.807) is 23.5 Å². The maximum absolute atomic E-state index is 11.9. The van der Waals surface area contributed by atoms with Gasteiger partial charge in [0, 0.05) is 16.6 Å². The van der Waals surface area contributed by atoms with Gasteiger partial charge in [0.05, 0.1) is 6.54 Å². The van der Waals surface area contributed by atoms with Crippen molar-refractivity contribution in [1.82, 2.24) is 10.2 Å². The second-order valence-electron chi connectivity index (χ2n) is 4.97. The van der Waals surface area contributed by atoms with E-state index in [-0.39, 0.29) is 18.5 Å². The maximum atomic E-state index is 11.9. The van der Waals surface area contributed by atoms with Crippen LogP contribution in [-0.2, 0) is 4.79 Å². The largest absolute Gasteiger partial charge is 0.325 e. The summed E-state index contributed by atoms with van der Waals surface area (Å²) in [6.45, 7) is 2.18. The molecule has 2 N–H and O–H groups in total. The Labute approximate surface area is 134 Å². The SMILES string of the molecule is CC(c1cccs1)N(C)CC(=O)NC(=O)Nc1ccccc1.